The molecule has 0 saturated heterocycles. The third kappa shape index (κ3) is 5.66. The first-order chi connectivity index (χ1) is 16.8. The van der Waals surface area contributed by atoms with Crippen LogP contribution in [0.4, 0.5) is 4.79 Å². The fraction of sp³-hybridized carbons (Fsp3) is 0.464. The number of carbonyl (C=O) groups is 3. The summed E-state index contributed by atoms with van der Waals surface area (Å²) in [4.78, 5) is 37.0. The van der Waals surface area contributed by atoms with Crippen molar-refractivity contribution in [3.05, 3.63) is 59.7 Å². The van der Waals surface area contributed by atoms with Crippen LogP contribution in [-0.4, -0.2) is 41.8 Å². The Labute approximate surface area is 206 Å². The van der Waals surface area contributed by atoms with Crippen LogP contribution >= 0.6 is 0 Å². The van der Waals surface area contributed by atoms with E-state index in [4.69, 9.17) is 4.74 Å². The number of fused-ring (bicyclic) bond motifs is 3. The maximum absolute atomic E-state index is 12.7. The first kappa shape index (κ1) is 24.8. The molecule has 0 spiro atoms. The Hall–Kier alpha value is -3.35. The van der Waals surface area contributed by atoms with E-state index >= 15 is 0 Å². The number of carbonyl (C=O) groups excluding carboxylic acids is 2. The maximum Gasteiger partial charge on any atom is 0.407 e. The third-order valence-corrected chi connectivity index (χ3v) is 7.29. The Morgan fingerprint density at radius 3 is 2.17 bits per heavy atom. The molecule has 7 heteroatoms. The molecular formula is C28H34N2O5. The number of ether oxygens (including phenoxy) is 1. The molecule has 0 aliphatic heterocycles. The van der Waals surface area contributed by atoms with Gasteiger partial charge in [-0.05, 0) is 41.0 Å². The molecule has 1 saturated carbocycles. The molecule has 1 fully saturated rings. The van der Waals surface area contributed by atoms with E-state index in [1.165, 1.54) is 0 Å². The van der Waals surface area contributed by atoms with Gasteiger partial charge in [-0.3, -0.25) is 9.59 Å². The smallest absolute Gasteiger partial charge is 0.407 e. The number of benzene rings is 2. The number of alkyl carbamates (subject to hydrolysis) is 1. The first-order valence-electron chi connectivity index (χ1n) is 12.5. The zero-order valence-electron chi connectivity index (χ0n) is 20.3. The topological polar surface area (TPSA) is 105 Å². The van der Waals surface area contributed by atoms with Gasteiger partial charge in [-0.2, -0.15) is 0 Å². The van der Waals surface area contributed by atoms with Crippen molar-refractivity contribution in [1.82, 2.24) is 10.6 Å². The van der Waals surface area contributed by atoms with E-state index < -0.39 is 24.0 Å². The highest BCUT2D eigenvalue weighted by atomic mass is 16.5. The van der Waals surface area contributed by atoms with Crippen LogP contribution in [0.1, 0.15) is 63.0 Å². The lowest BCUT2D eigenvalue weighted by atomic mass is 9.84. The summed E-state index contributed by atoms with van der Waals surface area (Å²) in [6.07, 6.45) is 2.52. The third-order valence-electron chi connectivity index (χ3n) is 7.29. The number of hydrogen-bond donors (Lipinski definition) is 3. The Morgan fingerprint density at radius 1 is 0.971 bits per heavy atom. The van der Waals surface area contributed by atoms with Crippen LogP contribution in [0, 0.1) is 11.8 Å². The van der Waals surface area contributed by atoms with Crippen molar-refractivity contribution in [1.29, 1.82) is 0 Å². The van der Waals surface area contributed by atoms with E-state index in [0.29, 0.717) is 12.8 Å². The summed E-state index contributed by atoms with van der Waals surface area (Å²) in [5, 5.41) is 15.2. The first-order valence-corrected chi connectivity index (χ1v) is 12.5. The fourth-order valence-corrected chi connectivity index (χ4v) is 5.31. The molecule has 2 aliphatic carbocycles. The van der Waals surface area contributed by atoms with Gasteiger partial charge in [-0.15, -0.1) is 0 Å². The average Bonchev–Trinajstić information content (AvgIpc) is 3.16. The van der Waals surface area contributed by atoms with Gasteiger partial charge in [-0.1, -0.05) is 75.2 Å². The summed E-state index contributed by atoms with van der Waals surface area (Å²) in [7, 11) is 0. The molecular weight excluding hydrogens is 444 g/mol. The van der Waals surface area contributed by atoms with Gasteiger partial charge in [0.25, 0.3) is 0 Å². The molecule has 186 valence electrons. The Morgan fingerprint density at radius 2 is 1.57 bits per heavy atom. The molecule has 4 rings (SSSR count). The molecule has 3 N–H and O–H groups in total. The van der Waals surface area contributed by atoms with Gasteiger partial charge in [0, 0.05) is 24.4 Å². The zero-order valence-corrected chi connectivity index (χ0v) is 20.3. The van der Waals surface area contributed by atoms with Crippen molar-refractivity contribution < 1.29 is 24.2 Å². The lowest BCUT2D eigenvalue weighted by Gasteiger charge is -2.30. The SMILES string of the molecule is CC(C)[C@H](CC(=O)NC1CCCCC1C(=O)O)NC(=O)OCC1c2ccccc2-c2ccccc21. The minimum atomic E-state index is -0.868. The van der Waals surface area contributed by atoms with Crippen molar-refractivity contribution in [2.24, 2.45) is 11.8 Å². The van der Waals surface area contributed by atoms with Crippen LogP contribution in [0.3, 0.4) is 0 Å². The molecule has 2 aliphatic rings. The monoisotopic (exact) mass is 478 g/mol. The molecule has 0 aromatic heterocycles. The number of rotatable bonds is 8. The Kier molecular flexibility index (Phi) is 7.73. The van der Waals surface area contributed by atoms with E-state index in [0.717, 1.165) is 35.1 Å². The van der Waals surface area contributed by atoms with Crippen LogP contribution in [-0.2, 0) is 14.3 Å². The van der Waals surface area contributed by atoms with E-state index in [1.54, 1.807) is 0 Å². The molecule has 0 radical (unpaired) electrons. The largest absolute Gasteiger partial charge is 0.481 e. The second kappa shape index (κ2) is 10.9. The van der Waals surface area contributed by atoms with Crippen LogP contribution in [0.25, 0.3) is 11.1 Å². The van der Waals surface area contributed by atoms with Gasteiger partial charge >= 0.3 is 12.1 Å². The van der Waals surface area contributed by atoms with Crippen LogP contribution < -0.4 is 10.6 Å². The molecule has 2 aromatic rings. The van der Waals surface area contributed by atoms with Crippen molar-refractivity contribution in [2.45, 2.75) is 64.0 Å². The van der Waals surface area contributed by atoms with Crippen molar-refractivity contribution in [2.75, 3.05) is 6.61 Å². The average molecular weight is 479 g/mol. The lowest BCUT2D eigenvalue weighted by Crippen LogP contribution is -2.48. The number of amides is 2. The van der Waals surface area contributed by atoms with E-state index in [2.05, 4.69) is 34.9 Å². The summed E-state index contributed by atoms with van der Waals surface area (Å²) in [6.45, 7) is 4.07. The Balaban J connectivity index is 1.34. The van der Waals surface area contributed by atoms with Crippen LogP contribution in [0.5, 0.6) is 0 Å². The number of hydrogen-bond acceptors (Lipinski definition) is 4. The van der Waals surface area contributed by atoms with Crippen LogP contribution in [0.2, 0.25) is 0 Å². The summed E-state index contributed by atoms with van der Waals surface area (Å²) >= 11 is 0. The lowest BCUT2D eigenvalue weighted by molar-refractivity contribution is -0.144. The van der Waals surface area contributed by atoms with E-state index in [9.17, 15) is 19.5 Å². The van der Waals surface area contributed by atoms with Gasteiger partial charge in [0.15, 0.2) is 0 Å². The predicted molar refractivity (Wildman–Crippen MR) is 133 cm³/mol. The summed E-state index contributed by atoms with van der Waals surface area (Å²) in [6, 6.07) is 15.5. The van der Waals surface area contributed by atoms with E-state index in [1.807, 2.05) is 38.1 Å². The highest BCUT2D eigenvalue weighted by Gasteiger charge is 2.33. The van der Waals surface area contributed by atoms with Crippen molar-refractivity contribution >= 4 is 18.0 Å². The number of carboxylic acid groups (broad SMARTS) is 1. The summed E-state index contributed by atoms with van der Waals surface area (Å²) in [5.41, 5.74) is 4.61. The van der Waals surface area contributed by atoms with Gasteiger partial charge in [0.05, 0.1) is 5.92 Å². The fourth-order valence-electron chi connectivity index (χ4n) is 5.31. The van der Waals surface area contributed by atoms with Crippen molar-refractivity contribution in [3.8, 4) is 11.1 Å². The highest BCUT2D eigenvalue weighted by molar-refractivity contribution is 5.80. The molecule has 2 amide bonds. The van der Waals surface area contributed by atoms with Gasteiger partial charge in [-0.25, -0.2) is 4.79 Å². The standard InChI is InChI=1S/C28H34N2O5/c1-17(2)25(15-26(31)29-24-14-8-7-13-22(24)27(32)33)30-28(34)35-16-23-20-11-5-3-9-18(20)19-10-4-6-12-21(19)23/h3-6,9-12,17,22-25H,7-8,13-16H2,1-2H3,(H,29,31)(H,30,34)(H,32,33)/t22?,24?,25-/m0/s1. The van der Waals surface area contributed by atoms with Gasteiger partial charge in [0.2, 0.25) is 5.91 Å². The number of nitrogens with one attached hydrogen (secondary N) is 2. The Bertz CT molecular complexity index is 1040. The summed E-state index contributed by atoms with van der Waals surface area (Å²) < 4.78 is 5.64. The van der Waals surface area contributed by atoms with Crippen LogP contribution in [0.15, 0.2) is 48.5 Å². The molecule has 2 aromatic carbocycles. The molecule has 2 unspecified atom stereocenters. The second-order valence-corrected chi connectivity index (χ2v) is 9.93. The predicted octanol–water partition coefficient (Wildman–Crippen LogP) is 4.70. The summed E-state index contributed by atoms with van der Waals surface area (Å²) in [5.74, 6) is -1.70. The molecule has 3 atom stereocenters. The number of aliphatic carboxylic acids is 1. The van der Waals surface area contributed by atoms with Crippen molar-refractivity contribution in [3.63, 3.8) is 0 Å². The zero-order chi connectivity index (χ0) is 24.9. The minimum Gasteiger partial charge on any atom is -0.481 e. The highest BCUT2D eigenvalue weighted by Crippen LogP contribution is 2.44. The van der Waals surface area contributed by atoms with Gasteiger partial charge in [0.1, 0.15) is 6.61 Å². The quantitative estimate of drug-likeness (QED) is 0.510. The normalized spacial score (nSPS) is 20.0. The minimum absolute atomic E-state index is 0.00265. The molecule has 0 bridgehead atoms. The second-order valence-electron chi connectivity index (χ2n) is 9.93. The molecule has 35 heavy (non-hydrogen) atoms. The number of carboxylic acids is 1. The molecule has 0 heterocycles. The molecule has 7 nitrogen and oxygen atoms in total. The van der Waals surface area contributed by atoms with E-state index in [-0.39, 0.29) is 36.8 Å². The maximum atomic E-state index is 12.7. The van der Waals surface area contributed by atoms with Gasteiger partial charge < -0.3 is 20.5 Å².